The summed E-state index contributed by atoms with van der Waals surface area (Å²) in [7, 11) is -3.66. The molecule has 0 amide bonds. The lowest BCUT2D eigenvalue weighted by molar-refractivity contribution is 0.498. The Morgan fingerprint density at radius 2 is 1.89 bits per heavy atom. The first-order chi connectivity index (χ1) is 8.92. The molecular formula is C13H16N2O3S. The Balaban J connectivity index is 2.32. The molecule has 0 aliphatic heterocycles. The monoisotopic (exact) mass is 280 g/mol. The molecule has 19 heavy (non-hydrogen) atoms. The molecule has 0 saturated carbocycles. The SMILES string of the molecule is Cc1ccc(C)c(S(=O)(=O)NCc2ccco2)c1N. The number of sulfonamides is 1. The normalized spacial score (nSPS) is 11.7. The van der Waals surface area contributed by atoms with Crippen LogP contribution < -0.4 is 10.5 Å². The predicted molar refractivity (Wildman–Crippen MR) is 73.1 cm³/mol. The largest absolute Gasteiger partial charge is 0.468 e. The summed E-state index contributed by atoms with van der Waals surface area (Å²) in [5, 5.41) is 0. The van der Waals surface area contributed by atoms with Crippen LogP contribution in [0.3, 0.4) is 0 Å². The molecule has 3 N–H and O–H groups in total. The fourth-order valence-corrected chi connectivity index (χ4v) is 3.23. The summed E-state index contributed by atoms with van der Waals surface area (Å²) >= 11 is 0. The molecule has 0 fully saturated rings. The van der Waals surface area contributed by atoms with Crippen LogP contribution in [0.2, 0.25) is 0 Å². The van der Waals surface area contributed by atoms with Gasteiger partial charge < -0.3 is 10.2 Å². The average molecular weight is 280 g/mol. The van der Waals surface area contributed by atoms with Crippen LogP contribution in [-0.2, 0) is 16.6 Å². The zero-order valence-corrected chi connectivity index (χ0v) is 11.6. The summed E-state index contributed by atoms with van der Waals surface area (Å²) in [6, 6.07) is 6.95. The van der Waals surface area contributed by atoms with Gasteiger partial charge >= 0.3 is 0 Å². The summed E-state index contributed by atoms with van der Waals surface area (Å²) in [5.41, 5.74) is 7.52. The Morgan fingerprint density at radius 3 is 2.53 bits per heavy atom. The number of rotatable bonds is 4. The topological polar surface area (TPSA) is 85.3 Å². The molecule has 1 aromatic carbocycles. The highest BCUT2D eigenvalue weighted by molar-refractivity contribution is 7.89. The van der Waals surface area contributed by atoms with Crippen molar-refractivity contribution < 1.29 is 12.8 Å². The number of nitrogens with two attached hydrogens (primary N) is 1. The van der Waals surface area contributed by atoms with Crippen molar-refractivity contribution in [3.8, 4) is 0 Å². The number of nitrogens with one attached hydrogen (secondary N) is 1. The van der Waals surface area contributed by atoms with Gasteiger partial charge in [0.1, 0.15) is 10.7 Å². The first-order valence-corrected chi connectivity index (χ1v) is 7.28. The van der Waals surface area contributed by atoms with Crippen molar-refractivity contribution in [3.05, 3.63) is 47.4 Å². The minimum absolute atomic E-state index is 0.0994. The number of hydrogen-bond donors (Lipinski definition) is 2. The van der Waals surface area contributed by atoms with Crippen LogP contribution >= 0.6 is 0 Å². The number of aryl methyl sites for hydroxylation is 2. The van der Waals surface area contributed by atoms with Gasteiger partial charge in [-0.2, -0.15) is 0 Å². The second kappa shape index (κ2) is 5.07. The van der Waals surface area contributed by atoms with E-state index in [0.717, 1.165) is 5.56 Å². The van der Waals surface area contributed by atoms with Crippen molar-refractivity contribution in [1.82, 2.24) is 4.72 Å². The maximum Gasteiger partial charge on any atom is 0.243 e. The highest BCUT2D eigenvalue weighted by atomic mass is 32.2. The maximum absolute atomic E-state index is 12.3. The summed E-state index contributed by atoms with van der Waals surface area (Å²) in [4.78, 5) is 0.138. The van der Waals surface area contributed by atoms with Gasteiger partial charge in [0, 0.05) is 0 Å². The smallest absolute Gasteiger partial charge is 0.243 e. The molecule has 102 valence electrons. The van der Waals surface area contributed by atoms with E-state index < -0.39 is 10.0 Å². The molecule has 0 bridgehead atoms. The Kier molecular flexibility index (Phi) is 3.64. The molecule has 0 radical (unpaired) electrons. The molecular weight excluding hydrogens is 264 g/mol. The zero-order chi connectivity index (χ0) is 14.0. The quantitative estimate of drug-likeness (QED) is 0.838. The summed E-state index contributed by atoms with van der Waals surface area (Å²) in [6.07, 6.45) is 1.50. The number of benzene rings is 1. The van der Waals surface area contributed by atoms with Gasteiger partial charge in [-0.3, -0.25) is 0 Å². The zero-order valence-electron chi connectivity index (χ0n) is 10.8. The Morgan fingerprint density at radius 1 is 1.21 bits per heavy atom. The van der Waals surface area contributed by atoms with Crippen LogP contribution in [0.5, 0.6) is 0 Å². The van der Waals surface area contributed by atoms with Crippen LogP contribution in [0.1, 0.15) is 16.9 Å². The third kappa shape index (κ3) is 2.80. The molecule has 6 heteroatoms. The second-order valence-electron chi connectivity index (χ2n) is 4.35. The fraction of sp³-hybridized carbons (Fsp3) is 0.231. The van der Waals surface area contributed by atoms with Crippen molar-refractivity contribution in [2.75, 3.05) is 5.73 Å². The molecule has 2 rings (SSSR count). The highest BCUT2D eigenvalue weighted by Crippen LogP contribution is 2.25. The van der Waals surface area contributed by atoms with E-state index in [1.807, 2.05) is 0 Å². The molecule has 0 aliphatic carbocycles. The van der Waals surface area contributed by atoms with Gasteiger partial charge in [-0.25, -0.2) is 13.1 Å². The Bertz CT molecular complexity index is 676. The molecule has 1 heterocycles. The van der Waals surface area contributed by atoms with Crippen molar-refractivity contribution in [2.24, 2.45) is 0 Å². The predicted octanol–water partition coefficient (Wildman–Crippen LogP) is 1.96. The van der Waals surface area contributed by atoms with Crippen LogP contribution in [-0.4, -0.2) is 8.42 Å². The van der Waals surface area contributed by atoms with Gasteiger partial charge in [0.15, 0.2) is 0 Å². The van der Waals surface area contributed by atoms with E-state index in [1.54, 1.807) is 38.1 Å². The lowest BCUT2D eigenvalue weighted by Gasteiger charge is -2.13. The lowest BCUT2D eigenvalue weighted by atomic mass is 10.1. The second-order valence-corrected chi connectivity index (χ2v) is 6.05. The van der Waals surface area contributed by atoms with Crippen LogP contribution in [0.15, 0.2) is 39.8 Å². The van der Waals surface area contributed by atoms with Gasteiger partial charge in [-0.15, -0.1) is 0 Å². The van der Waals surface area contributed by atoms with Crippen molar-refractivity contribution >= 4 is 15.7 Å². The van der Waals surface area contributed by atoms with E-state index in [-0.39, 0.29) is 17.1 Å². The molecule has 0 saturated heterocycles. The average Bonchev–Trinajstić information content (AvgIpc) is 2.85. The summed E-state index contributed by atoms with van der Waals surface area (Å²) in [5.74, 6) is 0.549. The van der Waals surface area contributed by atoms with Gasteiger partial charge in [0.05, 0.1) is 18.5 Å². The van der Waals surface area contributed by atoms with E-state index in [4.69, 9.17) is 10.2 Å². The molecule has 1 aromatic heterocycles. The fourth-order valence-electron chi connectivity index (χ4n) is 1.82. The number of nitrogen functional groups attached to an aromatic ring is 1. The molecule has 0 aliphatic rings. The van der Waals surface area contributed by atoms with Crippen LogP contribution in [0.4, 0.5) is 5.69 Å². The van der Waals surface area contributed by atoms with E-state index in [1.165, 1.54) is 6.26 Å². The minimum atomic E-state index is -3.66. The highest BCUT2D eigenvalue weighted by Gasteiger charge is 2.21. The van der Waals surface area contributed by atoms with E-state index in [9.17, 15) is 8.42 Å². The van der Waals surface area contributed by atoms with Crippen molar-refractivity contribution in [3.63, 3.8) is 0 Å². The van der Waals surface area contributed by atoms with Crippen molar-refractivity contribution in [2.45, 2.75) is 25.3 Å². The lowest BCUT2D eigenvalue weighted by Crippen LogP contribution is -2.25. The van der Waals surface area contributed by atoms with E-state index >= 15 is 0 Å². The Hall–Kier alpha value is -1.79. The molecule has 5 nitrogen and oxygen atoms in total. The number of anilines is 1. The van der Waals surface area contributed by atoms with Crippen LogP contribution in [0.25, 0.3) is 0 Å². The molecule has 0 spiro atoms. The maximum atomic E-state index is 12.3. The minimum Gasteiger partial charge on any atom is -0.468 e. The van der Waals surface area contributed by atoms with Crippen molar-refractivity contribution in [1.29, 1.82) is 0 Å². The molecule has 0 atom stereocenters. The van der Waals surface area contributed by atoms with E-state index in [2.05, 4.69) is 4.72 Å². The third-order valence-electron chi connectivity index (χ3n) is 2.90. The van der Waals surface area contributed by atoms with Gasteiger partial charge in [-0.05, 0) is 37.1 Å². The van der Waals surface area contributed by atoms with Gasteiger partial charge in [0.25, 0.3) is 0 Å². The number of hydrogen-bond acceptors (Lipinski definition) is 4. The van der Waals surface area contributed by atoms with Crippen LogP contribution in [0, 0.1) is 13.8 Å². The number of furan rings is 1. The third-order valence-corrected chi connectivity index (χ3v) is 4.50. The van der Waals surface area contributed by atoms with Gasteiger partial charge in [0.2, 0.25) is 10.0 Å². The first kappa shape index (κ1) is 13.6. The summed E-state index contributed by atoms with van der Waals surface area (Å²) < 4.78 is 32.2. The van der Waals surface area contributed by atoms with E-state index in [0.29, 0.717) is 11.3 Å². The van der Waals surface area contributed by atoms with Gasteiger partial charge in [-0.1, -0.05) is 12.1 Å². The first-order valence-electron chi connectivity index (χ1n) is 5.79. The molecule has 2 aromatic rings. The Labute approximate surface area is 112 Å². The molecule has 0 unspecified atom stereocenters. The summed E-state index contributed by atoms with van der Waals surface area (Å²) in [6.45, 7) is 3.60. The standard InChI is InChI=1S/C13H16N2O3S/c1-9-5-6-10(2)13(12(9)14)19(16,17)15-8-11-4-3-7-18-11/h3-7,15H,8,14H2,1-2H3.